The minimum atomic E-state index is 0. The molecule has 21 heavy (non-hydrogen) atoms. The van der Waals surface area contributed by atoms with E-state index < -0.39 is 0 Å². The van der Waals surface area contributed by atoms with Crippen molar-refractivity contribution in [2.24, 2.45) is 11.7 Å². The number of carbonyl (C=O) groups is 1. The lowest BCUT2D eigenvalue weighted by atomic mass is 10.1. The molecule has 0 radical (unpaired) electrons. The van der Waals surface area contributed by atoms with Crippen LogP contribution in [0.3, 0.4) is 0 Å². The molecule has 5 heteroatoms. The van der Waals surface area contributed by atoms with Crippen LogP contribution >= 0.6 is 23.7 Å². The molecule has 1 saturated carbocycles. The van der Waals surface area contributed by atoms with E-state index >= 15 is 0 Å². The highest BCUT2D eigenvalue weighted by Crippen LogP contribution is 2.28. The van der Waals surface area contributed by atoms with E-state index in [0.29, 0.717) is 0 Å². The molecule has 1 fully saturated rings. The normalized spacial score (nSPS) is 20.8. The number of nitrogens with two attached hydrogens (primary N) is 1. The Labute approximate surface area is 135 Å². The Balaban J connectivity index is 0.00000161. The molecule has 3 N–H and O–H groups in total. The molecule has 3 nitrogen and oxygen atoms in total. The second-order valence-corrected chi connectivity index (χ2v) is 6.27. The van der Waals surface area contributed by atoms with Gasteiger partial charge in [0.2, 0.25) is 5.91 Å². The summed E-state index contributed by atoms with van der Waals surface area (Å²) in [5.74, 6) is 0.164. The van der Waals surface area contributed by atoms with Gasteiger partial charge in [0, 0.05) is 22.5 Å². The zero-order valence-corrected chi connectivity index (χ0v) is 13.3. The molecule has 1 aromatic carbocycles. The van der Waals surface area contributed by atoms with E-state index in [0.717, 1.165) is 30.5 Å². The number of carbonyl (C=O) groups excluding carboxylic acids is 1. The van der Waals surface area contributed by atoms with Crippen LogP contribution in [-0.4, -0.2) is 11.9 Å². The van der Waals surface area contributed by atoms with Crippen molar-refractivity contribution in [2.75, 3.05) is 5.32 Å². The van der Waals surface area contributed by atoms with Gasteiger partial charge in [0.25, 0.3) is 0 Å². The van der Waals surface area contributed by atoms with Crippen LogP contribution in [0.15, 0.2) is 41.8 Å². The number of rotatable bonds is 3. The van der Waals surface area contributed by atoms with Crippen LogP contribution in [0.2, 0.25) is 0 Å². The summed E-state index contributed by atoms with van der Waals surface area (Å²) in [6.07, 6.45) is 2.65. The van der Waals surface area contributed by atoms with Crippen LogP contribution in [0.4, 0.5) is 5.69 Å². The van der Waals surface area contributed by atoms with Crippen LogP contribution in [0.25, 0.3) is 10.4 Å². The number of nitrogens with one attached hydrogen (secondary N) is 1. The summed E-state index contributed by atoms with van der Waals surface area (Å²) < 4.78 is 0. The molecule has 2 unspecified atom stereocenters. The number of thiophene rings is 1. The molecule has 1 amide bonds. The monoisotopic (exact) mass is 322 g/mol. The highest BCUT2D eigenvalue weighted by molar-refractivity contribution is 7.13. The number of halogens is 1. The molecule has 0 saturated heterocycles. The van der Waals surface area contributed by atoms with Gasteiger partial charge >= 0.3 is 0 Å². The van der Waals surface area contributed by atoms with Crippen molar-refractivity contribution < 1.29 is 4.79 Å². The van der Waals surface area contributed by atoms with Gasteiger partial charge in [0.1, 0.15) is 0 Å². The van der Waals surface area contributed by atoms with Crippen LogP contribution < -0.4 is 11.1 Å². The first-order chi connectivity index (χ1) is 9.72. The minimum absolute atomic E-state index is 0. The van der Waals surface area contributed by atoms with Crippen molar-refractivity contribution in [3.63, 3.8) is 0 Å². The summed E-state index contributed by atoms with van der Waals surface area (Å²) in [5, 5.41) is 5.07. The largest absolute Gasteiger partial charge is 0.328 e. The molecule has 0 aliphatic heterocycles. The van der Waals surface area contributed by atoms with Gasteiger partial charge in [-0.25, -0.2) is 0 Å². The zero-order valence-electron chi connectivity index (χ0n) is 11.6. The molecular formula is C16H19ClN2OS. The van der Waals surface area contributed by atoms with E-state index in [9.17, 15) is 4.79 Å². The maximum Gasteiger partial charge on any atom is 0.227 e. The highest BCUT2D eigenvalue weighted by Gasteiger charge is 2.27. The van der Waals surface area contributed by atoms with E-state index in [1.54, 1.807) is 11.3 Å². The molecular weight excluding hydrogens is 304 g/mol. The van der Waals surface area contributed by atoms with E-state index in [-0.39, 0.29) is 30.3 Å². The third kappa shape index (κ3) is 3.84. The first-order valence-corrected chi connectivity index (χ1v) is 7.81. The summed E-state index contributed by atoms with van der Waals surface area (Å²) in [5.41, 5.74) is 7.87. The molecule has 3 rings (SSSR count). The van der Waals surface area contributed by atoms with E-state index in [1.165, 1.54) is 4.88 Å². The smallest absolute Gasteiger partial charge is 0.227 e. The van der Waals surface area contributed by atoms with Crippen molar-refractivity contribution in [3.05, 3.63) is 41.8 Å². The quantitative estimate of drug-likeness (QED) is 0.900. The second kappa shape index (κ2) is 7.07. The topological polar surface area (TPSA) is 55.1 Å². The van der Waals surface area contributed by atoms with Crippen molar-refractivity contribution in [1.29, 1.82) is 0 Å². The van der Waals surface area contributed by atoms with Crippen LogP contribution in [0, 0.1) is 5.92 Å². The summed E-state index contributed by atoms with van der Waals surface area (Å²) in [6.45, 7) is 0. The molecule has 1 aliphatic rings. The predicted molar refractivity (Wildman–Crippen MR) is 90.9 cm³/mol. The number of benzene rings is 1. The van der Waals surface area contributed by atoms with Gasteiger partial charge in [-0.1, -0.05) is 18.2 Å². The average molecular weight is 323 g/mol. The fourth-order valence-corrected chi connectivity index (χ4v) is 3.42. The molecule has 0 spiro atoms. The lowest BCUT2D eigenvalue weighted by Gasteiger charge is -2.11. The van der Waals surface area contributed by atoms with Gasteiger partial charge in [0.15, 0.2) is 0 Å². The first kappa shape index (κ1) is 16.0. The van der Waals surface area contributed by atoms with Crippen molar-refractivity contribution in [3.8, 4) is 10.4 Å². The van der Waals surface area contributed by atoms with Gasteiger partial charge in [-0.15, -0.1) is 23.7 Å². The fourth-order valence-electron chi connectivity index (χ4n) is 2.69. The number of hydrogen-bond donors (Lipinski definition) is 2. The second-order valence-electron chi connectivity index (χ2n) is 5.32. The standard InChI is InChI=1S/C16H18N2OS.ClH/c17-13-7-6-12(9-13)16(19)18-14-4-1-3-11(10-14)15-5-2-8-20-15;/h1-5,8,10,12-13H,6-7,9,17H2,(H,18,19);1H. The minimum Gasteiger partial charge on any atom is -0.328 e. The first-order valence-electron chi connectivity index (χ1n) is 6.93. The number of amides is 1. The van der Waals surface area contributed by atoms with Crippen LogP contribution in [0.1, 0.15) is 19.3 Å². The average Bonchev–Trinajstić information content (AvgIpc) is 3.10. The molecule has 2 atom stereocenters. The van der Waals surface area contributed by atoms with Gasteiger partial charge in [-0.05, 0) is 48.4 Å². The lowest BCUT2D eigenvalue weighted by molar-refractivity contribution is -0.119. The predicted octanol–water partition coefficient (Wildman–Crippen LogP) is 3.90. The molecule has 0 bridgehead atoms. The van der Waals surface area contributed by atoms with Gasteiger partial charge in [-0.3, -0.25) is 4.79 Å². The number of hydrogen-bond acceptors (Lipinski definition) is 3. The van der Waals surface area contributed by atoms with Crippen LogP contribution in [-0.2, 0) is 4.79 Å². The summed E-state index contributed by atoms with van der Waals surface area (Å²) in [7, 11) is 0. The van der Waals surface area contributed by atoms with E-state index in [1.807, 2.05) is 24.3 Å². The Morgan fingerprint density at radius 3 is 2.76 bits per heavy atom. The molecule has 1 heterocycles. The third-order valence-corrected chi connectivity index (χ3v) is 4.70. The van der Waals surface area contributed by atoms with E-state index in [4.69, 9.17) is 5.73 Å². The third-order valence-electron chi connectivity index (χ3n) is 3.78. The van der Waals surface area contributed by atoms with E-state index in [2.05, 4.69) is 22.8 Å². The summed E-state index contributed by atoms with van der Waals surface area (Å²) in [6, 6.07) is 12.3. The maximum atomic E-state index is 12.2. The van der Waals surface area contributed by atoms with Gasteiger partial charge < -0.3 is 11.1 Å². The Morgan fingerprint density at radius 2 is 2.10 bits per heavy atom. The Bertz CT molecular complexity index is 600. The van der Waals surface area contributed by atoms with Crippen LogP contribution in [0.5, 0.6) is 0 Å². The SMILES string of the molecule is Cl.NC1CCC(C(=O)Nc2cccc(-c3cccs3)c2)C1. The maximum absolute atomic E-state index is 12.2. The zero-order chi connectivity index (χ0) is 13.9. The van der Waals surface area contributed by atoms with Gasteiger partial charge in [-0.2, -0.15) is 0 Å². The molecule has 1 aromatic heterocycles. The highest BCUT2D eigenvalue weighted by atomic mass is 35.5. The van der Waals surface area contributed by atoms with Gasteiger partial charge in [0.05, 0.1) is 0 Å². The van der Waals surface area contributed by atoms with Crippen molar-refractivity contribution >= 4 is 35.3 Å². The Kier molecular flexibility index (Phi) is 5.39. The molecule has 2 aromatic rings. The van der Waals surface area contributed by atoms with Crippen molar-refractivity contribution in [2.45, 2.75) is 25.3 Å². The Morgan fingerprint density at radius 1 is 1.24 bits per heavy atom. The summed E-state index contributed by atoms with van der Waals surface area (Å²) in [4.78, 5) is 13.4. The number of anilines is 1. The lowest BCUT2D eigenvalue weighted by Crippen LogP contribution is -2.23. The molecule has 1 aliphatic carbocycles. The summed E-state index contributed by atoms with van der Waals surface area (Å²) >= 11 is 1.70. The van der Waals surface area contributed by atoms with Crippen molar-refractivity contribution in [1.82, 2.24) is 0 Å². The molecule has 112 valence electrons. The Hall–Kier alpha value is -1.36. The fraction of sp³-hybridized carbons (Fsp3) is 0.312.